The molecule has 0 radical (unpaired) electrons. The predicted molar refractivity (Wildman–Crippen MR) is 98.4 cm³/mol. The minimum atomic E-state index is -2.11. The summed E-state index contributed by atoms with van der Waals surface area (Å²) < 4.78 is 16.7. The average Bonchev–Trinajstić information content (AvgIpc) is 2.21. The van der Waals surface area contributed by atoms with Gasteiger partial charge in [0.1, 0.15) is 0 Å². The van der Waals surface area contributed by atoms with Crippen LogP contribution in [0.4, 0.5) is 0 Å². The molecular weight excluding hydrogens is 300 g/mol. The van der Waals surface area contributed by atoms with Crippen LogP contribution in [0.1, 0.15) is 35.6 Å². The van der Waals surface area contributed by atoms with Gasteiger partial charge in [-0.1, -0.05) is 28.9 Å². The Morgan fingerprint density at radius 2 is 1.57 bits per heavy atom. The van der Waals surface area contributed by atoms with Crippen LogP contribution in [0.2, 0.25) is 32.2 Å². The van der Waals surface area contributed by atoms with Crippen LogP contribution < -0.4 is 0 Å². The third-order valence-electron chi connectivity index (χ3n) is 2.31. The molecule has 0 heterocycles. The van der Waals surface area contributed by atoms with Crippen LogP contribution in [0.25, 0.3) is 0 Å². The Bertz CT molecular complexity index is 301. The first kappa shape index (κ1) is 28.7. The lowest BCUT2D eigenvalue weighted by molar-refractivity contribution is -0.138. The van der Waals surface area contributed by atoms with Crippen LogP contribution in [0, 0.1) is 0 Å². The molecule has 0 saturated carbocycles. The number of rotatable bonds is 8. The minimum Gasteiger partial charge on any atom is -0.462 e. The number of hydrogen-bond acceptors (Lipinski definition) is 4. The first-order chi connectivity index (χ1) is 8.09. The molecule has 0 aromatic rings. The Morgan fingerprint density at radius 3 is 1.90 bits per heavy atom. The van der Waals surface area contributed by atoms with E-state index in [1.54, 1.807) is 14.0 Å². The first-order valence-corrected chi connectivity index (χ1v) is 12.1. The average molecular weight is 339 g/mol. The molecule has 21 heavy (non-hydrogen) atoms. The van der Waals surface area contributed by atoms with Gasteiger partial charge in [-0.2, -0.15) is 0 Å². The van der Waals surface area contributed by atoms with Crippen molar-refractivity contribution in [3.8, 4) is 0 Å². The van der Waals surface area contributed by atoms with Crippen molar-refractivity contribution in [2.75, 3.05) is 13.7 Å². The van der Waals surface area contributed by atoms with E-state index in [-0.39, 0.29) is 28.2 Å². The fourth-order valence-electron chi connectivity index (χ4n) is 1.52. The van der Waals surface area contributed by atoms with Gasteiger partial charge in [0, 0.05) is 12.7 Å². The van der Waals surface area contributed by atoms with Gasteiger partial charge >= 0.3 is 14.5 Å². The second-order valence-electron chi connectivity index (χ2n) is 5.57. The zero-order valence-electron chi connectivity index (χ0n) is 12.5. The summed E-state index contributed by atoms with van der Waals surface area (Å²) in [7, 11) is -2.01. The van der Waals surface area contributed by atoms with Crippen LogP contribution in [0.5, 0.6) is 0 Å². The lowest BCUT2D eigenvalue weighted by Crippen LogP contribution is -2.46. The molecule has 0 spiro atoms. The van der Waals surface area contributed by atoms with Gasteiger partial charge in [0.25, 0.3) is 0 Å². The van der Waals surface area contributed by atoms with E-state index in [0.29, 0.717) is 12.2 Å². The molecule has 0 aliphatic carbocycles. The Morgan fingerprint density at radius 1 is 1.10 bits per heavy atom. The second-order valence-corrected chi connectivity index (χ2v) is 13.8. The molecule has 0 bridgehead atoms. The molecule has 1 atom stereocenters. The summed E-state index contributed by atoms with van der Waals surface area (Å²) in [5.74, 6) is -0.332. The van der Waals surface area contributed by atoms with E-state index in [0.717, 1.165) is 12.5 Å². The molecule has 0 N–H and O–H groups in total. The van der Waals surface area contributed by atoms with Gasteiger partial charge in [-0.15, -0.1) is 0 Å². The summed E-state index contributed by atoms with van der Waals surface area (Å²) in [5, 5.41) is 0. The van der Waals surface area contributed by atoms with Gasteiger partial charge in [-0.05, 0) is 45.6 Å². The Labute approximate surface area is 135 Å². The standard InChI is InChI=1S/C12H26O4Si2.3CH4/c1-11(2)12(13)15-9-8-10-18(7,14-3)16-17(4,5)6;;;/h1,8-10H2,2-7H3;3*1H4. The van der Waals surface area contributed by atoms with Crippen LogP contribution >= 0.6 is 0 Å². The lowest BCUT2D eigenvalue weighted by atomic mass is 10.4. The second kappa shape index (κ2) is 12.1. The highest BCUT2D eigenvalue weighted by Gasteiger charge is 2.35. The summed E-state index contributed by atoms with van der Waals surface area (Å²) in [6.07, 6.45) is 0.764. The van der Waals surface area contributed by atoms with Gasteiger partial charge < -0.3 is 13.3 Å². The van der Waals surface area contributed by atoms with Crippen molar-refractivity contribution in [1.82, 2.24) is 0 Å². The maximum atomic E-state index is 11.2. The molecule has 6 heteroatoms. The highest BCUT2D eigenvalue weighted by molar-refractivity contribution is 6.81. The van der Waals surface area contributed by atoms with E-state index in [1.165, 1.54) is 0 Å². The number of carbonyl (C=O) groups is 1. The van der Waals surface area contributed by atoms with Crippen molar-refractivity contribution in [1.29, 1.82) is 0 Å². The van der Waals surface area contributed by atoms with Crippen LogP contribution in [-0.2, 0) is 18.1 Å². The molecular formula is C15H38O4Si2. The van der Waals surface area contributed by atoms with Gasteiger partial charge in [-0.3, -0.25) is 0 Å². The maximum Gasteiger partial charge on any atom is 0.333 e. The molecule has 130 valence electrons. The normalized spacial score (nSPS) is 12.9. The molecule has 0 amide bonds. The smallest absolute Gasteiger partial charge is 0.333 e. The molecule has 4 nitrogen and oxygen atoms in total. The molecule has 0 saturated heterocycles. The first-order valence-electron chi connectivity index (χ1n) is 6.17. The van der Waals surface area contributed by atoms with E-state index in [1.807, 2.05) is 0 Å². The molecule has 1 unspecified atom stereocenters. The third kappa shape index (κ3) is 14.3. The van der Waals surface area contributed by atoms with E-state index in [9.17, 15) is 4.79 Å². The van der Waals surface area contributed by atoms with Crippen molar-refractivity contribution >= 4 is 22.8 Å². The van der Waals surface area contributed by atoms with E-state index in [2.05, 4.69) is 32.8 Å². The molecule has 0 rings (SSSR count). The fraction of sp³-hybridized carbons (Fsp3) is 0.800. The Kier molecular flexibility index (Phi) is 16.6. The molecule has 0 aliphatic heterocycles. The van der Waals surface area contributed by atoms with Crippen LogP contribution in [-0.4, -0.2) is 36.6 Å². The summed E-state index contributed by atoms with van der Waals surface area (Å²) in [6, 6.07) is 0.831. The summed E-state index contributed by atoms with van der Waals surface area (Å²) in [5.41, 5.74) is 0.431. The molecule has 0 aromatic carbocycles. The van der Waals surface area contributed by atoms with Gasteiger partial charge in [-0.25, -0.2) is 4.79 Å². The van der Waals surface area contributed by atoms with E-state index in [4.69, 9.17) is 13.3 Å². The fourth-order valence-corrected chi connectivity index (χ4v) is 8.44. The highest BCUT2D eigenvalue weighted by Crippen LogP contribution is 2.20. The summed E-state index contributed by atoms with van der Waals surface area (Å²) >= 11 is 0. The Balaban J connectivity index is -0.000000482. The monoisotopic (exact) mass is 338 g/mol. The Hall–Kier alpha value is -0.436. The number of esters is 1. The van der Waals surface area contributed by atoms with Crippen molar-refractivity contribution in [3.05, 3.63) is 12.2 Å². The van der Waals surface area contributed by atoms with Crippen LogP contribution in [0.15, 0.2) is 12.2 Å². The quantitative estimate of drug-likeness (QED) is 0.271. The summed E-state index contributed by atoms with van der Waals surface area (Å²) in [4.78, 5) is 11.2. The number of ether oxygens (including phenoxy) is 1. The molecule has 0 fully saturated rings. The number of hydrogen-bond donors (Lipinski definition) is 0. The third-order valence-corrected chi connectivity index (χ3v) is 8.61. The van der Waals surface area contributed by atoms with E-state index >= 15 is 0 Å². The largest absolute Gasteiger partial charge is 0.462 e. The van der Waals surface area contributed by atoms with Crippen molar-refractivity contribution < 1.29 is 18.1 Å². The van der Waals surface area contributed by atoms with Crippen molar-refractivity contribution in [3.63, 3.8) is 0 Å². The van der Waals surface area contributed by atoms with Crippen molar-refractivity contribution in [2.45, 2.75) is 67.9 Å². The van der Waals surface area contributed by atoms with Crippen molar-refractivity contribution in [2.24, 2.45) is 0 Å². The topological polar surface area (TPSA) is 44.8 Å². The van der Waals surface area contributed by atoms with Gasteiger partial charge in [0.05, 0.1) is 6.61 Å². The van der Waals surface area contributed by atoms with E-state index < -0.39 is 16.9 Å². The van der Waals surface area contributed by atoms with Gasteiger partial charge in [0.2, 0.25) is 0 Å². The highest BCUT2D eigenvalue weighted by atomic mass is 28.4. The zero-order chi connectivity index (χ0) is 14.4. The summed E-state index contributed by atoms with van der Waals surface area (Å²) in [6.45, 7) is 14.1. The molecule has 0 aliphatic rings. The maximum absolute atomic E-state index is 11.2. The predicted octanol–water partition coefficient (Wildman–Crippen LogP) is 4.97. The minimum absolute atomic E-state index is 0. The number of carbonyl (C=O) groups excluding carboxylic acids is 1. The molecule has 0 aromatic heterocycles. The van der Waals surface area contributed by atoms with Crippen LogP contribution in [0.3, 0.4) is 0 Å². The zero-order valence-corrected chi connectivity index (χ0v) is 14.5. The SMILES string of the molecule is C.C.C.C=C(C)C(=O)OCCC[Si](C)(OC)O[Si](C)(C)C. The lowest BCUT2D eigenvalue weighted by Gasteiger charge is -2.32. The van der Waals surface area contributed by atoms with Gasteiger partial charge in [0.15, 0.2) is 8.32 Å².